The van der Waals surface area contributed by atoms with Crippen LogP contribution in [0.4, 0.5) is 4.39 Å². The maximum atomic E-state index is 15.1. The number of fused-ring (bicyclic) bond motifs is 1. The first-order valence-corrected chi connectivity index (χ1v) is 11.0. The van der Waals surface area contributed by atoms with E-state index in [1.807, 2.05) is 42.5 Å². The summed E-state index contributed by atoms with van der Waals surface area (Å²) in [6, 6.07) is 20.1. The lowest BCUT2D eigenvalue weighted by Gasteiger charge is -2.28. The molecule has 0 saturated heterocycles. The number of halogens is 1. The largest absolute Gasteiger partial charge is 0.206 e. The van der Waals surface area contributed by atoms with Crippen molar-refractivity contribution in [3.05, 3.63) is 72.0 Å². The molecule has 0 amide bonds. The molecule has 3 aromatic carbocycles. The first-order valence-electron chi connectivity index (χ1n) is 11.0. The normalized spacial score (nSPS) is 19.8. The molecule has 0 atom stereocenters. The fraction of sp³-hybridized carbons (Fsp3) is 0.407. The first kappa shape index (κ1) is 19.2. The topological polar surface area (TPSA) is 0 Å². The molecule has 1 heteroatoms. The van der Waals surface area contributed by atoms with Gasteiger partial charge < -0.3 is 0 Å². The van der Waals surface area contributed by atoms with E-state index in [1.54, 1.807) is 0 Å². The third-order valence-electron chi connectivity index (χ3n) is 6.61. The summed E-state index contributed by atoms with van der Waals surface area (Å²) in [7, 11) is 0. The van der Waals surface area contributed by atoms with Crippen molar-refractivity contribution >= 4 is 10.8 Å². The van der Waals surface area contributed by atoms with E-state index in [-0.39, 0.29) is 5.82 Å². The minimum absolute atomic E-state index is 0.107. The third-order valence-corrected chi connectivity index (χ3v) is 6.61. The average molecular weight is 375 g/mol. The Hall–Kier alpha value is -2.15. The summed E-state index contributed by atoms with van der Waals surface area (Å²) in [6.45, 7) is 2.30. The van der Waals surface area contributed by atoms with Crippen LogP contribution in [0.3, 0.4) is 0 Å². The average Bonchev–Trinajstić information content (AvgIpc) is 2.74. The zero-order chi connectivity index (χ0) is 19.3. The maximum Gasteiger partial charge on any atom is 0.138 e. The number of benzene rings is 3. The van der Waals surface area contributed by atoms with Crippen molar-refractivity contribution in [2.24, 2.45) is 11.8 Å². The van der Waals surface area contributed by atoms with Gasteiger partial charge in [0.1, 0.15) is 5.82 Å². The Kier molecular flexibility index (Phi) is 6.10. The molecule has 3 aromatic rings. The first-order chi connectivity index (χ1) is 13.7. The van der Waals surface area contributed by atoms with Crippen molar-refractivity contribution in [2.45, 2.75) is 58.3 Å². The standard InChI is InChI=1S/C27H31F/c1-2-6-20-9-11-21(12-10-20)13-14-22-15-17-26-24(19-22)16-18-25(27(26)28)23-7-4-3-5-8-23/h3-5,7-8,15-21H,2,6,9-14H2,1H3/t20-,21-. The van der Waals surface area contributed by atoms with E-state index in [1.165, 1.54) is 50.5 Å². The Morgan fingerprint density at radius 1 is 0.821 bits per heavy atom. The van der Waals surface area contributed by atoms with Gasteiger partial charge in [-0.2, -0.15) is 0 Å². The van der Waals surface area contributed by atoms with Crippen molar-refractivity contribution in [3.63, 3.8) is 0 Å². The van der Waals surface area contributed by atoms with Gasteiger partial charge in [0.05, 0.1) is 0 Å². The van der Waals surface area contributed by atoms with E-state index in [0.717, 1.165) is 34.6 Å². The van der Waals surface area contributed by atoms with Gasteiger partial charge in [-0.15, -0.1) is 0 Å². The van der Waals surface area contributed by atoms with Crippen LogP contribution in [0.1, 0.15) is 57.4 Å². The van der Waals surface area contributed by atoms with Crippen molar-refractivity contribution in [2.75, 3.05) is 0 Å². The Bertz CT molecular complexity index is 904. The van der Waals surface area contributed by atoms with E-state index < -0.39 is 0 Å². The molecule has 0 heterocycles. The lowest BCUT2D eigenvalue weighted by Crippen LogP contribution is -2.15. The van der Waals surface area contributed by atoms with E-state index >= 15 is 4.39 Å². The van der Waals surface area contributed by atoms with E-state index in [9.17, 15) is 0 Å². The van der Waals surface area contributed by atoms with Gasteiger partial charge in [-0.1, -0.05) is 106 Å². The van der Waals surface area contributed by atoms with Gasteiger partial charge in [-0.25, -0.2) is 4.39 Å². The lowest BCUT2D eigenvalue weighted by atomic mass is 9.78. The van der Waals surface area contributed by atoms with Crippen molar-refractivity contribution < 1.29 is 4.39 Å². The minimum atomic E-state index is -0.107. The fourth-order valence-corrected chi connectivity index (χ4v) is 4.93. The highest BCUT2D eigenvalue weighted by molar-refractivity contribution is 5.88. The van der Waals surface area contributed by atoms with Gasteiger partial charge in [0.15, 0.2) is 0 Å². The summed E-state index contributed by atoms with van der Waals surface area (Å²) >= 11 is 0. The van der Waals surface area contributed by atoms with Gasteiger partial charge >= 0.3 is 0 Å². The Labute approximate surface area is 168 Å². The van der Waals surface area contributed by atoms with Gasteiger partial charge in [-0.3, -0.25) is 0 Å². The van der Waals surface area contributed by atoms with Crippen LogP contribution in [0.2, 0.25) is 0 Å². The molecule has 1 fully saturated rings. The van der Waals surface area contributed by atoms with Gasteiger partial charge in [0.25, 0.3) is 0 Å². The highest BCUT2D eigenvalue weighted by Gasteiger charge is 2.20. The van der Waals surface area contributed by atoms with E-state index in [4.69, 9.17) is 0 Å². The molecule has 4 rings (SSSR count). The van der Waals surface area contributed by atoms with Gasteiger partial charge in [0, 0.05) is 10.9 Å². The summed E-state index contributed by atoms with van der Waals surface area (Å²) in [4.78, 5) is 0. The van der Waals surface area contributed by atoms with Crippen LogP contribution in [0.15, 0.2) is 60.7 Å². The second-order valence-corrected chi connectivity index (χ2v) is 8.56. The molecule has 1 aliphatic rings. The minimum Gasteiger partial charge on any atom is -0.206 e. The molecule has 146 valence electrons. The Morgan fingerprint density at radius 3 is 2.25 bits per heavy atom. The van der Waals surface area contributed by atoms with E-state index in [0.29, 0.717) is 5.56 Å². The van der Waals surface area contributed by atoms with Crippen LogP contribution >= 0.6 is 0 Å². The fourth-order valence-electron chi connectivity index (χ4n) is 4.93. The summed E-state index contributed by atoms with van der Waals surface area (Å²) in [6.07, 6.45) is 10.8. The Balaban J connectivity index is 1.44. The predicted octanol–water partition coefficient (Wildman–Crippen LogP) is 8.19. The molecule has 1 aliphatic carbocycles. The monoisotopic (exact) mass is 374 g/mol. The zero-order valence-corrected chi connectivity index (χ0v) is 17.0. The highest BCUT2D eigenvalue weighted by atomic mass is 19.1. The van der Waals surface area contributed by atoms with Crippen LogP contribution in [0.5, 0.6) is 0 Å². The third kappa shape index (κ3) is 4.29. The smallest absolute Gasteiger partial charge is 0.138 e. The SMILES string of the molecule is CCC[C@H]1CC[C@H](CCc2ccc3c(F)c(-c4ccccc4)ccc3c2)CC1. The van der Waals surface area contributed by atoms with Crippen molar-refractivity contribution in [3.8, 4) is 11.1 Å². The number of hydrogen-bond donors (Lipinski definition) is 0. The quantitative estimate of drug-likeness (QED) is 0.408. The Morgan fingerprint density at radius 2 is 1.54 bits per heavy atom. The highest BCUT2D eigenvalue weighted by Crippen LogP contribution is 2.34. The molecule has 0 N–H and O–H groups in total. The van der Waals surface area contributed by atoms with E-state index in [2.05, 4.69) is 25.1 Å². The second kappa shape index (κ2) is 8.90. The molecule has 0 aliphatic heterocycles. The molecule has 0 radical (unpaired) electrons. The van der Waals surface area contributed by atoms with Crippen LogP contribution in [-0.2, 0) is 6.42 Å². The molecule has 0 bridgehead atoms. The van der Waals surface area contributed by atoms with Crippen molar-refractivity contribution in [1.29, 1.82) is 0 Å². The van der Waals surface area contributed by atoms with Gasteiger partial charge in [-0.05, 0) is 41.2 Å². The predicted molar refractivity (Wildman–Crippen MR) is 118 cm³/mol. The molecule has 0 aromatic heterocycles. The van der Waals surface area contributed by atoms with Crippen LogP contribution in [-0.4, -0.2) is 0 Å². The second-order valence-electron chi connectivity index (χ2n) is 8.56. The summed E-state index contributed by atoms with van der Waals surface area (Å²) in [5.41, 5.74) is 2.96. The lowest BCUT2D eigenvalue weighted by molar-refractivity contribution is 0.252. The number of hydrogen-bond acceptors (Lipinski definition) is 0. The van der Waals surface area contributed by atoms with Crippen LogP contribution in [0, 0.1) is 17.7 Å². The molecular formula is C27H31F. The molecule has 0 spiro atoms. The van der Waals surface area contributed by atoms with Crippen molar-refractivity contribution in [1.82, 2.24) is 0 Å². The summed E-state index contributed by atoms with van der Waals surface area (Å²) in [5.74, 6) is 1.74. The van der Waals surface area contributed by atoms with Crippen LogP contribution < -0.4 is 0 Å². The zero-order valence-electron chi connectivity index (χ0n) is 17.0. The molecule has 28 heavy (non-hydrogen) atoms. The van der Waals surface area contributed by atoms with Gasteiger partial charge in [0.2, 0.25) is 0 Å². The number of rotatable bonds is 6. The molecule has 0 nitrogen and oxygen atoms in total. The maximum absolute atomic E-state index is 15.1. The summed E-state index contributed by atoms with van der Waals surface area (Å²) in [5, 5.41) is 1.74. The van der Waals surface area contributed by atoms with Crippen LogP contribution in [0.25, 0.3) is 21.9 Å². The molecular weight excluding hydrogens is 343 g/mol. The molecule has 1 saturated carbocycles. The molecule has 0 unspecified atom stereocenters. The summed E-state index contributed by atoms with van der Waals surface area (Å²) < 4.78 is 15.1. The number of aryl methyl sites for hydroxylation is 1.